The maximum Gasteiger partial charge on any atom is 0.251 e. The van der Waals surface area contributed by atoms with Crippen molar-refractivity contribution in [3.63, 3.8) is 0 Å². The van der Waals surface area contributed by atoms with Crippen LogP contribution in [0.5, 0.6) is 0 Å². The Morgan fingerprint density at radius 3 is 2.66 bits per heavy atom. The maximum atomic E-state index is 13.3. The van der Waals surface area contributed by atoms with E-state index in [0.29, 0.717) is 18.9 Å². The molecule has 0 bridgehead atoms. The van der Waals surface area contributed by atoms with Crippen molar-refractivity contribution >= 4 is 22.8 Å². The Morgan fingerprint density at radius 2 is 1.91 bits per heavy atom. The van der Waals surface area contributed by atoms with Gasteiger partial charge in [0.15, 0.2) is 5.65 Å². The van der Waals surface area contributed by atoms with Gasteiger partial charge in [-0.3, -0.25) is 4.79 Å². The van der Waals surface area contributed by atoms with E-state index in [1.54, 1.807) is 16.9 Å². The number of nitrogens with one attached hydrogen (secondary N) is 2. The molecule has 0 fully saturated rings. The minimum absolute atomic E-state index is 0.187. The van der Waals surface area contributed by atoms with Crippen LogP contribution in [0.15, 0.2) is 60.8 Å². The van der Waals surface area contributed by atoms with E-state index < -0.39 is 5.82 Å². The number of hydrogen-bond acceptors (Lipinski definition) is 5. The fraction of sp³-hybridized carbons (Fsp3) is 0.250. The number of aromatic nitrogens is 4. The highest BCUT2D eigenvalue weighted by Crippen LogP contribution is 2.26. The summed E-state index contributed by atoms with van der Waals surface area (Å²) < 4.78 is 15.1. The second-order valence-corrected chi connectivity index (χ2v) is 7.56. The van der Waals surface area contributed by atoms with E-state index in [-0.39, 0.29) is 17.4 Å². The normalized spacial score (nSPS) is 12.0. The molecule has 1 unspecified atom stereocenters. The number of para-hydroxylation sites is 1. The smallest absolute Gasteiger partial charge is 0.251 e. The van der Waals surface area contributed by atoms with Gasteiger partial charge in [-0.2, -0.15) is 5.10 Å². The predicted octanol–water partition coefficient (Wildman–Crippen LogP) is 4.31. The second kappa shape index (κ2) is 9.55. The van der Waals surface area contributed by atoms with Crippen molar-refractivity contribution in [2.45, 2.75) is 26.2 Å². The van der Waals surface area contributed by atoms with Crippen molar-refractivity contribution in [1.82, 2.24) is 25.1 Å². The fourth-order valence-corrected chi connectivity index (χ4v) is 3.31. The topological polar surface area (TPSA) is 84.7 Å². The summed E-state index contributed by atoms with van der Waals surface area (Å²) in [4.78, 5) is 21.7. The largest absolute Gasteiger partial charge is 0.368 e. The van der Waals surface area contributed by atoms with E-state index >= 15 is 0 Å². The third kappa shape index (κ3) is 4.59. The standard InChI is InChI=1S/C24H25FN6O/c1-3-16(2)21-29-22(26-12-13-27-24(32)17-8-7-9-18(25)14-17)20-15-28-31(23(20)30-21)19-10-5-4-6-11-19/h4-11,14-16H,3,12-13H2,1-2H3,(H,27,32)(H,26,29,30). The molecule has 7 nitrogen and oxygen atoms in total. The van der Waals surface area contributed by atoms with Gasteiger partial charge in [0, 0.05) is 24.6 Å². The molecule has 2 aromatic carbocycles. The predicted molar refractivity (Wildman–Crippen MR) is 123 cm³/mol. The third-order valence-corrected chi connectivity index (χ3v) is 5.29. The average molecular weight is 433 g/mol. The molecule has 32 heavy (non-hydrogen) atoms. The number of hydrogen-bond donors (Lipinski definition) is 2. The molecular formula is C24H25FN6O. The minimum Gasteiger partial charge on any atom is -0.368 e. The molecule has 0 saturated heterocycles. The summed E-state index contributed by atoms with van der Waals surface area (Å²) in [6.07, 6.45) is 2.66. The van der Waals surface area contributed by atoms with Crippen LogP contribution >= 0.6 is 0 Å². The molecule has 4 rings (SSSR count). The maximum absolute atomic E-state index is 13.3. The van der Waals surface area contributed by atoms with Crippen molar-refractivity contribution in [3.8, 4) is 5.69 Å². The first-order chi connectivity index (χ1) is 15.6. The molecule has 0 aliphatic rings. The van der Waals surface area contributed by atoms with E-state index in [1.165, 1.54) is 18.2 Å². The molecule has 0 aliphatic carbocycles. The van der Waals surface area contributed by atoms with Gasteiger partial charge in [-0.15, -0.1) is 0 Å². The minimum atomic E-state index is -0.438. The molecule has 2 N–H and O–H groups in total. The molecule has 0 spiro atoms. The number of nitrogens with zero attached hydrogens (tertiary/aromatic N) is 4. The Balaban J connectivity index is 1.53. The number of anilines is 1. The van der Waals surface area contributed by atoms with Gasteiger partial charge < -0.3 is 10.6 Å². The molecule has 0 radical (unpaired) electrons. The first-order valence-corrected chi connectivity index (χ1v) is 10.7. The van der Waals surface area contributed by atoms with Crippen molar-refractivity contribution in [2.75, 3.05) is 18.4 Å². The number of halogens is 1. The Kier molecular flexibility index (Phi) is 6.39. The van der Waals surface area contributed by atoms with Crippen LogP contribution in [0.2, 0.25) is 0 Å². The van der Waals surface area contributed by atoms with Gasteiger partial charge >= 0.3 is 0 Å². The van der Waals surface area contributed by atoms with E-state index in [4.69, 9.17) is 9.97 Å². The summed E-state index contributed by atoms with van der Waals surface area (Å²) >= 11 is 0. The van der Waals surface area contributed by atoms with Gasteiger partial charge in [0.05, 0.1) is 17.3 Å². The molecule has 1 amide bonds. The Hall–Kier alpha value is -3.81. The van der Waals surface area contributed by atoms with Crippen LogP contribution < -0.4 is 10.6 Å². The molecule has 8 heteroatoms. The van der Waals surface area contributed by atoms with Crippen LogP contribution in [0.3, 0.4) is 0 Å². The first-order valence-electron chi connectivity index (χ1n) is 10.7. The van der Waals surface area contributed by atoms with Crippen LogP contribution in [0.25, 0.3) is 16.7 Å². The lowest BCUT2D eigenvalue weighted by atomic mass is 10.1. The molecule has 164 valence electrons. The van der Waals surface area contributed by atoms with Gasteiger partial charge in [0.1, 0.15) is 17.5 Å². The number of rotatable bonds is 8. The van der Waals surface area contributed by atoms with E-state index in [2.05, 4.69) is 29.6 Å². The molecule has 2 heterocycles. The Morgan fingerprint density at radius 1 is 1.09 bits per heavy atom. The molecule has 4 aromatic rings. The number of fused-ring (bicyclic) bond motifs is 1. The first kappa shape index (κ1) is 21.4. The Bertz CT molecular complexity index is 1220. The van der Waals surface area contributed by atoms with Crippen LogP contribution in [-0.2, 0) is 0 Å². The summed E-state index contributed by atoms with van der Waals surface area (Å²) in [7, 11) is 0. The zero-order chi connectivity index (χ0) is 22.5. The quantitative estimate of drug-likeness (QED) is 0.405. The number of amides is 1. The van der Waals surface area contributed by atoms with Crippen molar-refractivity contribution in [3.05, 3.63) is 78.0 Å². The number of carbonyl (C=O) groups is 1. The van der Waals surface area contributed by atoms with Crippen molar-refractivity contribution in [2.24, 2.45) is 0 Å². The van der Waals surface area contributed by atoms with Crippen LogP contribution in [0, 0.1) is 5.82 Å². The lowest BCUT2D eigenvalue weighted by Gasteiger charge is -2.13. The molecule has 0 aliphatic heterocycles. The summed E-state index contributed by atoms with van der Waals surface area (Å²) in [6, 6.07) is 15.5. The monoisotopic (exact) mass is 432 g/mol. The third-order valence-electron chi connectivity index (χ3n) is 5.29. The van der Waals surface area contributed by atoms with Gasteiger partial charge in [-0.1, -0.05) is 38.1 Å². The van der Waals surface area contributed by atoms with Crippen LogP contribution in [0.4, 0.5) is 10.2 Å². The lowest BCUT2D eigenvalue weighted by Crippen LogP contribution is -2.29. The van der Waals surface area contributed by atoms with Gasteiger partial charge in [0.2, 0.25) is 0 Å². The average Bonchev–Trinajstić information content (AvgIpc) is 3.25. The fourth-order valence-electron chi connectivity index (χ4n) is 3.31. The number of carbonyl (C=O) groups excluding carboxylic acids is 1. The van der Waals surface area contributed by atoms with Crippen LogP contribution in [-0.4, -0.2) is 38.7 Å². The van der Waals surface area contributed by atoms with E-state index in [1.807, 2.05) is 30.3 Å². The zero-order valence-electron chi connectivity index (χ0n) is 18.0. The highest BCUT2D eigenvalue weighted by Gasteiger charge is 2.16. The van der Waals surface area contributed by atoms with Crippen LogP contribution in [0.1, 0.15) is 42.4 Å². The van der Waals surface area contributed by atoms with Gasteiger partial charge in [0.25, 0.3) is 5.91 Å². The summed E-state index contributed by atoms with van der Waals surface area (Å²) in [5, 5.41) is 11.4. The van der Waals surface area contributed by atoms with Gasteiger partial charge in [-0.05, 0) is 36.8 Å². The van der Waals surface area contributed by atoms with E-state index in [0.717, 1.165) is 29.0 Å². The molecule has 1 atom stereocenters. The highest BCUT2D eigenvalue weighted by atomic mass is 19.1. The van der Waals surface area contributed by atoms with E-state index in [9.17, 15) is 9.18 Å². The van der Waals surface area contributed by atoms with Crippen molar-refractivity contribution < 1.29 is 9.18 Å². The van der Waals surface area contributed by atoms with Crippen molar-refractivity contribution in [1.29, 1.82) is 0 Å². The van der Waals surface area contributed by atoms with Gasteiger partial charge in [-0.25, -0.2) is 19.0 Å². The number of benzene rings is 2. The highest BCUT2D eigenvalue weighted by molar-refractivity contribution is 5.94. The second-order valence-electron chi connectivity index (χ2n) is 7.56. The summed E-state index contributed by atoms with van der Waals surface area (Å²) in [5.74, 6) is 0.840. The molecular weight excluding hydrogens is 407 g/mol. The SMILES string of the molecule is CCC(C)c1nc(NCCNC(=O)c2cccc(F)c2)c2cnn(-c3ccccc3)c2n1. The molecule has 0 saturated carbocycles. The summed E-state index contributed by atoms with van der Waals surface area (Å²) in [5.41, 5.74) is 1.94. The zero-order valence-corrected chi connectivity index (χ0v) is 18.0. The summed E-state index contributed by atoms with van der Waals surface area (Å²) in [6.45, 7) is 4.99. The lowest BCUT2D eigenvalue weighted by molar-refractivity contribution is 0.0954. The Labute approximate surface area is 185 Å². The molecule has 2 aromatic heterocycles.